The normalized spacial score (nSPS) is 10.2. The molecular formula is C4H2N4O. The molecule has 5 heteroatoms. The van der Waals surface area contributed by atoms with Crippen molar-refractivity contribution in [1.29, 1.82) is 0 Å². The molecule has 0 aliphatic carbocycles. The second-order valence-electron chi connectivity index (χ2n) is 1.49. The van der Waals surface area contributed by atoms with Crippen LogP contribution in [0.1, 0.15) is 0 Å². The Labute approximate surface area is 49.7 Å². The van der Waals surface area contributed by atoms with Crippen molar-refractivity contribution in [2.45, 2.75) is 0 Å². The zero-order valence-corrected chi connectivity index (χ0v) is 4.35. The van der Waals surface area contributed by atoms with Crippen LogP contribution < -0.4 is 0 Å². The van der Waals surface area contributed by atoms with E-state index in [0.29, 0.717) is 11.2 Å². The highest BCUT2D eigenvalue weighted by molar-refractivity contribution is 5.64. The van der Waals surface area contributed by atoms with Crippen molar-refractivity contribution in [2.75, 3.05) is 0 Å². The van der Waals surface area contributed by atoms with E-state index in [1.807, 2.05) is 0 Å². The Kier molecular flexibility index (Phi) is 0.717. The van der Waals surface area contributed by atoms with Crippen LogP contribution in [0, 0.1) is 0 Å². The predicted molar refractivity (Wildman–Crippen MR) is 27.4 cm³/mol. The summed E-state index contributed by atoms with van der Waals surface area (Å²) in [6.45, 7) is 0. The van der Waals surface area contributed by atoms with Crippen molar-refractivity contribution >= 4 is 11.2 Å². The van der Waals surface area contributed by atoms with Gasteiger partial charge in [-0.25, -0.2) is 0 Å². The molecule has 9 heavy (non-hydrogen) atoms. The molecule has 0 atom stereocenters. The highest BCUT2D eigenvalue weighted by Crippen LogP contribution is 2.01. The molecule has 2 aromatic rings. The molecule has 0 saturated heterocycles. The highest BCUT2D eigenvalue weighted by atomic mass is 16.5. The van der Waals surface area contributed by atoms with Gasteiger partial charge in [0.05, 0.1) is 6.20 Å². The first kappa shape index (κ1) is 4.37. The van der Waals surface area contributed by atoms with Crippen LogP contribution in [0.15, 0.2) is 16.8 Å². The molecule has 0 aliphatic rings. The Morgan fingerprint density at radius 1 is 1.33 bits per heavy atom. The molecule has 0 unspecified atom stereocenters. The fraction of sp³-hybridized carbons (Fsp3) is 0. The van der Waals surface area contributed by atoms with Crippen molar-refractivity contribution in [3.05, 3.63) is 12.3 Å². The smallest absolute Gasteiger partial charge is 0.297 e. The Bertz CT molecular complexity index is 287. The first-order valence-corrected chi connectivity index (χ1v) is 2.36. The maximum atomic E-state index is 4.58. The molecule has 0 bridgehead atoms. The summed E-state index contributed by atoms with van der Waals surface area (Å²) >= 11 is 0. The van der Waals surface area contributed by atoms with Gasteiger partial charge in [0.25, 0.3) is 5.71 Å². The van der Waals surface area contributed by atoms with Crippen LogP contribution in [-0.2, 0) is 0 Å². The summed E-state index contributed by atoms with van der Waals surface area (Å²) in [5, 5.41) is 14.0. The molecule has 2 heterocycles. The minimum Gasteiger partial charge on any atom is -0.314 e. The van der Waals surface area contributed by atoms with Gasteiger partial charge in [0, 0.05) is 5.27 Å². The van der Waals surface area contributed by atoms with Gasteiger partial charge in [0.1, 0.15) is 0 Å². The van der Waals surface area contributed by atoms with E-state index in [9.17, 15) is 0 Å². The highest BCUT2D eigenvalue weighted by Gasteiger charge is 1.96. The minimum atomic E-state index is 0.373. The van der Waals surface area contributed by atoms with Gasteiger partial charge in [-0.05, 0) is 6.07 Å². The third-order valence-corrected chi connectivity index (χ3v) is 0.943. The number of hydrogen-bond acceptors (Lipinski definition) is 5. The fourth-order valence-corrected chi connectivity index (χ4v) is 0.556. The van der Waals surface area contributed by atoms with Crippen LogP contribution in [0.2, 0.25) is 0 Å². The second-order valence-corrected chi connectivity index (χ2v) is 1.49. The number of aromatic nitrogens is 4. The molecule has 0 aromatic carbocycles. The molecule has 5 nitrogen and oxygen atoms in total. The Balaban J connectivity index is 2.95. The van der Waals surface area contributed by atoms with E-state index in [-0.39, 0.29) is 0 Å². The van der Waals surface area contributed by atoms with Crippen molar-refractivity contribution < 1.29 is 4.52 Å². The SMILES string of the molecule is c1cc2nnoc2nn1. The van der Waals surface area contributed by atoms with Gasteiger partial charge in [-0.1, -0.05) is 0 Å². The van der Waals surface area contributed by atoms with E-state index in [1.54, 1.807) is 6.07 Å². The number of nitrogens with zero attached hydrogens (tertiary/aromatic N) is 4. The van der Waals surface area contributed by atoms with E-state index in [4.69, 9.17) is 0 Å². The molecule has 2 aromatic heterocycles. The van der Waals surface area contributed by atoms with E-state index in [0.717, 1.165) is 0 Å². The number of fused-ring (bicyclic) bond motifs is 1. The van der Waals surface area contributed by atoms with Gasteiger partial charge in [-0.15, -0.1) is 10.2 Å². The van der Waals surface area contributed by atoms with Crippen molar-refractivity contribution in [2.24, 2.45) is 0 Å². The molecule has 0 N–H and O–H groups in total. The van der Waals surface area contributed by atoms with Gasteiger partial charge in [-0.3, -0.25) is 0 Å². The topological polar surface area (TPSA) is 64.7 Å². The monoisotopic (exact) mass is 122 g/mol. The van der Waals surface area contributed by atoms with Crippen molar-refractivity contribution in [1.82, 2.24) is 20.6 Å². The van der Waals surface area contributed by atoms with Gasteiger partial charge >= 0.3 is 0 Å². The van der Waals surface area contributed by atoms with E-state index in [1.165, 1.54) is 6.20 Å². The summed E-state index contributed by atoms with van der Waals surface area (Å²) in [4.78, 5) is 0. The first-order chi connectivity index (χ1) is 4.47. The fourth-order valence-electron chi connectivity index (χ4n) is 0.556. The lowest BCUT2D eigenvalue weighted by molar-refractivity contribution is 0.415. The lowest BCUT2D eigenvalue weighted by atomic mass is 10.5. The van der Waals surface area contributed by atoms with Crippen LogP contribution >= 0.6 is 0 Å². The Morgan fingerprint density at radius 3 is 3.22 bits per heavy atom. The second kappa shape index (κ2) is 1.48. The van der Waals surface area contributed by atoms with E-state index < -0.39 is 0 Å². The molecule has 0 fully saturated rings. The quantitative estimate of drug-likeness (QED) is 0.492. The molecule has 0 spiro atoms. The summed E-state index contributed by atoms with van der Waals surface area (Å²) in [6, 6.07) is 1.68. The van der Waals surface area contributed by atoms with Gasteiger partial charge < -0.3 is 4.52 Å². The van der Waals surface area contributed by atoms with Gasteiger partial charge in [-0.2, -0.15) is 5.10 Å². The molecule has 2 rings (SSSR count). The maximum absolute atomic E-state index is 4.58. The molecule has 0 amide bonds. The van der Waals surface area contributed by atoms with Crippen molar-refractivity contribution in [3.8, 4) is 0 Å². The van der Waals surface area contributed by atoms with Crippen LogP contribution in [0.4, 0.5) is 0 Å². The van der Waals surface area contributed by atoms with Crippen LogP contribution in [-0.4, -0.2) is 20.6 Å². The van der Waals surface area contributed by atoms with Gasteiger partial charge in [0.2, 0.25) is 0 Å². The minimum absolute atomic E-state index is 0.373. The van der Waals surface area contributed by atoms with Crippen molar-refractivity contribution in [3.63, 3.8) is 0 Å². The lowest BCUT2D eigenvalue weighted by Crippen LogP contribution is -1.76. The first-order valence-electron chi connectivity index (χ1n) is 2.36. The summed E-state index contributed by atoms with van der Waals surface area (Å²) in [7, 11) is 0. The Hall–Kier alpha value is -1.52. The average molecular weight is 122 g/mol. The van der Waals surface area contributed by atoms with Gasteiger partial charge in [0.15, 0.2) is 5.52 Å². The van der Waals surface area contributed by atoms with Crippen LogP contribution in [0.25, 0.3) is 11.2 Å². The molecule has 0 saturated carbocycles. The summed E-state index contributed by atoms with van der Waals surface area (Å²) in [6.07, 6.45) is 1.53. The van der Waals surface area contributed by atoms with Crippen LogP contribution in [0.5, 0.6) is 0 Å². The largest absolute Gasteiger partial charge is 0.314 e. The summed E-state index contributed by atoms with van der Waals surface area (Å²) < 4.78 is 4.58. The number of rotatable bonds is 0. The average Bonchev–Trinajstić information content (AvgIpc) is 2.33. The number of hydrogen-bond donors (Lipinski definition) is 0. The lowest BCUT2D eigenvalue weighted by Gasteiger charge is -1.75. The molecule has 0 radical (unpaired) electrons. The maximum Gasteiger partial charge on any atom is 0.297 e. The van der Waals surface area contributed by atoms with E-state index >= 15 is 0 Å². The molecule has 44 valence electrons. The summed E-state index contributed by atoms with van der Waals surface area (Å²) in [5.41, 5.74) is 1.00. The standard InChI is InChI=1S/C4H2N4O/c1-2-5-7-4-3(1)6-8-9-4/h1-2H. The predicted octanol–water partition coefficient (Wildman–Crippen LogP) is 0.0128. The Morgan fingerprint density at radius 2 is 2.33 bits per heavy atom. The zero-order valence-electron chi connectivity index (χ0n) is 4.35. The van der Waals surface area contributed by atoms with E-state index in [2.05, 4.69) is 25.1 Å². The summed E-state index contributed by atoms with van der Waals surface area (Å²) in [5.74, 6) is 0. The molecule has 0 aliphatic heterocycles. The third kappa shape index (κ3) is 0.543. The molecular weight excluding hydrogens is 120 g/mol. The van der Waals surface area contributed by atoms with Crippen LogP contribution in [0.3, 0.4) is 0 Å². The third-order valence-electron chi connectivity index (χ3n) is 0.943. The zero-order chi connectivity index (χ0) is 6.10.